The zero-order chi connectivity index (χ0) is 21.0. The molecule has 0 fully saturated rings. The number of amides is 1. The van der Waals surface area contributed by atoms with Gasteiger partial charge in [-0.3, -0.25) is 9.36 Å². The number of halogens is 1. The van der Waals surface area contributed by atoms with Crippen molar-refractivity contribution >= 4 is 23.5 Å². The second kappa shape index (κ2) is 8.84. The number of para-hydroxylation sites is 1. The Kier molecular flexibility index (Phi) is 6.25. The Balaban J connectivity index is 1.89. The van der Waals surface area contributed by atoms with E-state index in [0.29, 0.717) is 22.8 Å². The van der Waals surface area contributed by atoms with Crippen molar-refractivity contribution in [2.24, 2.45) is 0 Å². The number of ether oxygens (including phenoxy) is 1. The summed E-state index contributed by atoms with van der Waals surface area (Å²) in [7, 11) is 1.58. The maximum Gasteiger partial charge on any atom is 0.235 e. The van der Waals surface area contributed by atoms with Gasteiger partial charge in [-0.25, -0.2) is 4.39 Å². The number of methoxy groups -OCH3 is 1. The first-order valence-corrected chi connectivity index (χ1v) is 9.88. The molecule has 1 amide bonds. The highest BCUT2D eigenvalue weighted by atomic mass is 32.2. The van der Waals surface area contributed by atoms with Crippen LogP contribution in [-0.4, -0.2) is 23.3 Å². The summed E-state index contributed by atoms with van der Waals surface area (Å²) in [5.41, 5.74) is 2.41. The maximum absolute atomic E-state index is 13.8. The molecule has 0 aliphatic carbocycles. The largest absolute Gasteiger partial charge is 0.496 e. The van der Waals surface area contributed by atoms with Gasteiger partial charge in [-0.2, -0.15) is 5.26 Å². The number of rotatable bonds is 6. The molecule has 0 spiro atoms. The van der Waals surface area contributed by atoms with Gasteiger partial charge in [-0.15, -0.1) is 11.8 Å². The van der Waals surface area contributed by atoms with Crippen LogP contribution >= 0.6 is 11.8 Å². The molecule has 3 rings (SSSR count). The van der Waals surface area contributed by atoms with Crippen LogP contribution in [0.5, 0.6) is 5.75 Å². The SMILES string of the molecule is COc1ccccc1SCC(=O)Nc1c(C#N)c(C)c(C)n1-c1cccc(F)c1. The van der Waals surface area contributed by atoms with Gasteiger partial charge in [-0.05, 0) is 49.7 Å². The summed E-state index contributed by atoms with van der Waals surface area (Å²) in [6.07, 6.45) is 0. The minimum absolute atomic E-state index is 0.137. The molecule has 148 valence electrons. The van der Waals surface area contributed by atoms with Crippen LogP contribution < -0.4 is 10.1 Å². The summed E-state index contributed by atoms with van der Waals surface area (Å²) in [5, 5.41) is 12.5. The highest BCUT2D eigenvalue weighted by molar-refractivity contribution is 8.00. The molecule has 1 aromatic heterocycles. The van der Waals surface area contributed by atoms with E-state index in [0.717, 1.165) is 16.2 Å². The molecule has 5 nitrogen and oxygen atoms in total. The molecule has 1 heterocycles. The third-order valence-corrected chi connectivity index (χ3v) is 5.63. The van der Waals surface area contributed by atoms with Crippen LogP contribution in [0.25, 0.3) is 5.69 Å². The van der Waals surface area contributed by atoms with E-state index in [-0.39, 0.29) is 11.7 Å². The normalized spacial score (nSPS) is 10.4. The minimum atomic E-state index is -0.393. The molecule has 0 saturated heterocycles. The number of thioether (sulfide) groups is 1. The van der Waals surface area contributed by atoms with Gasteiger partial charge in [0, 0.05) is 10.6 Å². The molecule has 1 N–H and O–H groups in total. The van der Waals surface area contributed by atoms with Gasteiger partial charge in [0.2, 0.25) is 5.91 Å². The Labute approximate surface area is 173 Å². The molecule has 0 aliphatic rings. The Morgan fingerprint density at radius 3 is 2.69 bits per heavy atom. The molecule has 0 saturated carbocycles. The summed E-state index contributed by atoms with van der Waals surface area (Å²) >= 11 is 1.34. The van der Waals surface area contributed by atoms with Gasteiger partial charge >= 0.3 is 0 Å². The van der Waals surface area contributed by atoms with Crippen molar-refractivity contribution < 1.29 is 13.9 Å². The molecular weight excluding hydrogens is 389 g/mol. The monoisotopic (exact) mass is 409 g/mol. The Morgan fingerprint density at radius 2 is 2.00 bits per heavy atom. The van der Waals surface area contributed by atoms with Gasteiger partial charge in [0.1, 0.15) is 23.5 Å². The van der Waals surface area contributed by atoms with Crippen molar-refractivity contribution in [2.75, 3.05) is 18.2 Å². The fourth-order valence-corrected chi connectivity index (χ4v) is 3.88. The lowest BCUT2D eigenvalue weighted by Gasteiger charge is -2.13. The number of hydrogen-bond donors (Lipinski definition) is 1. The molecule has 0 atom stereocenters. The summed E-state index contributed by atoms with van der Waals surface area (Å²) in [5.74, 6) is 0.511. The first-order chi connectivity index (χ1) is 14.0. The number of anilines is 1. The van der Waals surface area contributed by atoms with Gasteiger partial charge in [0.05, 0.1) is 24.1 Å². The van der Waals surface area contributed by atoms with Crippen LogP contribution in [0.2, 0.25) is 0 Å². The van der Waals surface area contributed by atoms with Crippen LogP contribution in [-0.2, 0) is 4.79 Å². The summed E-state index contributed by atoms with van der Waals surface area (Å²) in [6.45, 7) is 3.64. The number of benzene rings is 2. The highest BCUT2D eigenvalue weighted by Crippen LogP contribution is 2.32. The van der Waals surface area contributed by atoms with Gasteiger partial charge < -0.3 is 10.1 Å². The van der Waals surface area contributed by atoms with E-state index < -0.39 is 5.82 Å². The van der Waals surface area contributed by atoms with Crippen molar-refractivity contribution in [2.45, 2.75) is 18.7 Å². The number of nitrogens with one attached hydrogen (secondary N) is 1. The minimum Gasteiger partial charge on any atom is -0.496 e. The third-order valence-electron chi connectivity index (χ3n) is 4.58. The molecule has 0 aliphatic heterocycles. The average Bonchev–Trinajstić information content (AvgIpc) is 2.95. The predicted molar refractivity (Wildman–Crippen MR) is 112 cm³/mol. The fourth-order valence-electron chi connectivity index (χ4n) is 3.05. The number of nitriles is 1. The maximum atomic E-state index is 13.8. The number of carbonyl (C=O) groups is 1. The van der Waals surface area contributed by atoms with Gasteiger partial charge in [0.15, 0.2) is 0 Å². The summed E-state index contributed by atoms with van der Waals surface area (Å²) < 4.78 is 20.8. The van der Waals surface area contributed by atoms with Crippen LogP contribution in [0.3, 0.4) is 0 Å². The van der Waals surface area contributed by atoms with E-state index >= 15 is 0 Å². The smallest absolute Gasteiger partial charge is 0.235 e. The topological polar surface area (TPSA) is 67.0 Å². The van der Waals surface area contributed by atoms with Gasteiger partial charge in [-0.1, -0.05) is 18.2 Å². The zero-order valence-electron chi connectivity index (χ0n) is 16.3. The predicted octanol–water partition coefficient (Wildman–Crippen LogP) is 4.84. The number of nitrogens with zero attached hydrogens (tertiary/aromatic N) is 2. The van der Waals surface area contributed by atoms with E-state index in [1.165, 1.54) is 23.9 Å². The Morgan fingerprint density at radius 1 is 1.24 bits per heavy atom. The molecule has 7 heteroatoms. The highest BCUT2D eigenvalue weighted by Gasteiger charge is 2.21. The van der Waals surface area contributed by atoms with Crippen LogP contribution in [0, 0.1) is 31.0 Å². The van der Waals surface area contributed by atoms with Crippen molar-refractivity contribution in [3.63, 3.8) is 0 Å². The average molecular weight is 409 g/mol. The second-order valence-corrected chi connectivity index (χ2v) is 7.37. The quantitative estimate of drug-likeness (QED) is 0.592. The van der Waals surface area contributed by atoms with Crippen molar-refractivity contribution in [1.29, 1.82) is 5.26 Å². The van der Waals surface area contributed by atoms with E-state index in [1.54, 1.807) is 23.8 Å². The molecule has 29 heavy (non-hydrogen) atoms. The fraction of sp³-hybridized carbons (Fsp3) is 0.182. The molecule has 0 bridgehead atoms. The first kappa shape index (κ1) is 20.5. The van der Waals surface area contributed by atoms with Crippen molar-refractivity contribution in [1.82, 2.24) is 4.57 Å². The Hall–Kier alpha value is -3.24. The van der Waals surface area contributed by atoms with Crippen LogP contribution in [0.4, 0.5) is 10.2 Å². The molecule has 3 aromatic rings. The number of aromatic nitrogens is 1. The summed E-state index contributed by atoms with van der Waals surface area (Å²) in [6, 6.07) is 15.6. The molecule has 0 unspecified atom stereocenters. The first-order valence-electron chi connectivity index (χ1n) is 8.89. The lowest BCUT2D eigenvalue weighted by Crippen LogP contribution is -2.17. The van der Waals surface area contributed by atoms with Crippen molar-refractivity contribution in [3.05, 3.63) is 71.2 Å². The molecular formula is C22H20FN3O2S. The van der Waals surface area contributed by atoms with E-state index in [2.05, 4.69) is 11.4 Å². The summed E-state index contributed by atoms with van der Waals surface area (Å²) in [4.78, 5) is 13.5. The van der Waals surface area contributed by atoms with Gasteiger partial charge in [0.25, 0.3) is 0 Å². The lowest BCUT2D eigenvalue weighted by atomic mass is 10.2. The van der Waals surface area contributed by atoms with E-state index in [1.807, 2.05) is 38.1 Å². The number of hydrogen-bond acceptors (Lipinski definition) is 4. The standard InChI is InChI=1S/C22H20FN3O2S/c1-14-15(2)26(17-8-6-7-16(23)11-17)22(18(14)12-24)25-21(27)13-29-20-10-5-4-9-19(20)28-3/h4-11H,13H2,1-3H3,(H,25,27). The molecule has 0 radical (unpaired) electrons. The third kappa shape index (κ3) is 4.28. The van der Waals surface area contributed by atoms with Crippen LogP contribution in [0.1, 0.15) is 16.8 Å². The van der Waals surface area contributed by atoms with E-state index in [4.69, 9.17) is 4.74 Å². The Bertz CT molecular complexity index is 1100. The van der Waals surface area contributed by atoms with Crippen LogP contribution in [0.15, 0.2) is 53.4 Å². The molecule has 2 aromatic carbocycles. The second-order valence-electron chi connectivity index (χ2n) is 6.35. The lowest BCUT2D eigenvalue weighted by molar-refractivity contribution is -0.113. The van der Waals surface area contributed by atoms with E-state index in [9.17, 15) is 14.4 Å². The number of carbonyl (C=O) groups excluding carboxylic acids is 1. The van der Waals surface area contributed by atoms with Crippen molar-refractivity contribution in [3.8, 4) is 17.5 Å². The zero-order valence-corrected chi connectivity index (χ0v) is 17.1.